The number of carbonyl (C=O) groups is 1. The van der Waals surface area contributed by atoms with Crippen molar-refractivity contribution in [1.82, 2.24) is 4.90 Å². The van der Waals surface area contributed by atoms with Crippen LogP contribution in [0.2, 0.25) is 0 Å². The average Bonchev–Trinajstić information content (AvgIpc) is 2.61. The summed E-state index contributed by atoms with van der Waals surface area (Å²) in [5, 5.41) is 0. The van der Waals surface area contributed by atoms with Gasteiger partial charge < -0.3 is 15.4 Å². The highest BCUT2D eigenvalue weighted by Crippen LogP contribution is 2.21. The molecule has 0 aromatic heterocycles. The van der Waals surface area contributed by atoms with Crippen molar-refractivity contribution >= 4 is 5.91 Å². The molecule has 3 atom stereocenters. The number of nitrogens with zero attached hydrogens (tertiary/aromatic N) is 1. The Labute approximate surface area is 85.4 Å². The molecule has 4 nitrogen and oxygen atoms in total. The minimum absolute atomic E-state index is 0.0629. The molecule has 3 unspecified atom stereocenters. The lowest BCUT2D eigenvalue weighted by molar-refractivity contribution is -0.142. The second-order valence-electron chi connectivity index (χ2n) is 4.09. The zero-order valence-corrected chi connectivity index (χ0v) is 9.19. The third-order valence-corrected chi connectivity index (χ3v) is 2.98. The molecule has 0 saturated carbocycles. The van der Waals surface area contributed by atoms with Crippen molar-refractivity contribution in [2.75, 3.05) is 20.2 Å². The first-order valence-corrected chi connectivity index (χ1v) is 5.16. The van der Waals surface area contributed by atoms with Gasteiger partial charge in [-0.2, -0.15) is 0 Å². The number of likely N-dealkylation sites (N-methyl/N-ethyl adjacent to an activating group) is 1. The average molecular weight is 200 g/mol. The van der Waals surface area contributed by atoms with Crippen LogP contribution >= 0.6 is 0 Å². The molecule has 1 amide bonds. The normalized spacial score (nSPS) is 28.9. The van der Waals surface area contributed by atoms with E-state index in [-0.39, 0.29) is 18.1 Å². The molecular weight excluding hydrogens is 180 g/mol. The number of hydrogen-bond donors (Lipinski definition) is 1. The smallest absolute Gasteiger partial charge is 0.252 e. The van der Waals surface area contributed by atoms with Crippen molar-refractivity contribution in [3.63, 3.8) is 0 Å². The Balaban J connectivity index is 2.55. The van der Waals surface area contributed by atoms with E-state index in [4.69, 9.17) is 10.5 Å². The molecule has 82 valence electrons. The van der Waals surface area contributed by atoms with E-state index in [1.54, 1.807) is 11.9 Å². The van der Waals surface area contributed by atoms with Gasteiger partial charge in [-0.15, -0.1) is 0 Å². The van der Waals surface area contributed by atoms with Gasteiger partial charge in [0.05, 0.1) is 0 Å². The van der Waals surface area contributed by atoms with Crippen LogP contribution in [0, 0.1) is 5.92 Å². The van der Waals surface area contributed by atoms with Crippen LogP contribution in [0.4, 0.5) is 0 Å². The van der Waals surface area contributed by atoms with Crippen LogP contribution in [0.15, 0.2) is 0 Å². The molecule has 0 aromatic rings. The molecule has 0 radical (unpaired) electrons. The number of nitrogens with two attached hydrogens (primary N) is 1. The van der Waals surface area contributed by atoms with E-state index < -0.39 is 0 Å². The third-order valence-electron chi connectivity index (χ3n) is 2.98. The summed E-state index contributed by atoms with van der Waals surface area (Å²) in [4.78, 5) is 13.6. The van der Waals surface area contributed by atoms with Crippen molar-refractivity contribution < 1.29 is 9.53 Å². The fourth-order valence-electron chi connectivity index (χ4n) is 1.59. The van der Waals surface area contributed by atoms with Gasteiger partial charge >= 0.3 is 0 Å². The Morgan fingerprint density at radius 3 is 2.79 bits per heavy atom. The maximum Gasteiger partial charge on any atom is 0.252 e. The Kier molecular flexibility index (Phi) is 3.89. The number of rotatable bonds is 3. The molecule has 1 aliphatic heterocycles. The van der Waals surface area contributed by atoms with Gasteiger partial charge in [-0.3, -0.25) is 4.79 Å². The third kappa shape index (κ3) is 2.25. The van der Waals surface area contributed by atoms with E-state index in [0.717, 1.165) is 6.42 Å². The molecule has 1 heterocycles. The van der Waals surface area contributed by atoms with Gasteiger partial charge in [0.15, 0.2) is 0 Å². The van der Waals surface area contributed by atoms with Gasteiger partial charge in [0.25, 0.3) is 5.91 Å². The van der Waals surface area contributed by atoms with Crippen molar-refractivity contribution in [2.45, 2.75) is 32.4 Å². The maximum atomic E-state index is 11.9. The summed E-state index contributed by atoms with van der Waals surface area (Å²) in [6.45, 7) is 5.18. The minimum Gasteiger partial charge on any atom is -0.368 e. The minimum atomic E-state index is -0.256. The first kappa shape index (κ1) is 11.5. The Hall–Kier alpha value is -0.610. The SMILES string of the molecule is CC1CCOC1C(=O)N(C)C(C)CN. The van der Waals surface area contributed by atoms with E-state index >= 15 is 0 Å². The zero-order chi connectivity index (χ0) is 10.7. The topological polar surface area (TPSA) is 55.6 Å². The molecule has 4 heteroatoms. The summed E-state index contributed by atoms with van der Waals surface area (Å²) in [5.41, 5.74) is 5.51. The van der Waals surface area contributed by atoms with Gasteiger partial charge in [-0.1, -0.05) is 6.92 Å². The van der Waals surface area contributed by atoms with E-state index in [9.17, 15) is 4.79 Å². The van der Waals surface area contributed by atoms with Crippen molar-refractivity contribution in [3.05, 3.63) is 0 Å². The van der Waals surface area contributed by atoms with Crippen LogP contribution in [0.1, 0.15) is 20.3 Å². The molecule has 1 saturated heterocycles. The molecule has 1 aliphatic rings. The summed E-state index contributed by atoms with van der Waals surface area (Å²) in [6.07, 6.45) is 0.718. The molecule has 0 bridgehead atoms. The van der Waals surface area contributed by atoms with Crippen molar-refractivity contribution in [2.24, 2.45) is 11.7 Å². The van der Waals surface area contributed by atoms with Crippen molar-refractivity contribution in [1.29, 1.82) is 0 Å². The number of carbonyl (C=O) groups excluding carboxylic acids is 1. The summed E-state index contributed by atoms with van der Waals surface area (Å²) < 4.78 is 5.41. The molecule has 1 rings (SSSR count). The van der Waals surface area contributed by atoms with Crippen LogP contribution in [-0.4, -0.2) is 43.2 Å². The van der Waals surface area contributed by atoms with Gasteiger partial charge in [-0.25, -0.2) is 0 Å². The van der Waals surface area contributed by atoms with E-state index in [1.807, 2.05) is 6.92 Å². The van der Waals surface area contributed by atoms with Crippen molar-refractivity contribution in [3.8, 4) is 0 Å². The van der Waals surface area contributed by atoms with Crippen LogP contribution in [-0.2, 0) is 9.53 Å². The summed E-state index contributed by atoms with van der Waals surface area (Å²) in [5.74, 6) is 0.392. The second kappa shape index (κ2) is 4.75. The predicted molar refractivity (Wildman–Crippen MR) is 54.8 cm³/mol. The van der Waals surface area contributed by atoms with Crippen LogP contribution in [0.5, 0.6) is 0 Å². The highest BCUT2D eigenvalue weighted by molar-refractivity contribution is 5.81. The molecule has 1 fully saturated rings. The van der Waals surface area contributed by atoms with Crippen LogP contribution in [0.3, 0.4) is 0 Å². The van der Waals surface area contributed by atoms with Crippen LogP contribution in [0.25, 0.3) is 0 Å². The van der Waals surface area contributed by atoms with E-state index in [2.05, 4.69) is 6.92 Å². The monoisotopic (exact) mass is 200 g/mol. The lowest BCUT2D eigenvalue weighted by Gasteiger charge is -2.27. The molecule has 0 aliphatic carbocycles. The highest BCUT2D eigenvalue weighted by Gasteiger charge is 2.33. The number of ether oxygens (including phenoxy) is 1. The number of amides is 1. The van der Waals surface area contributed by atoms with Gasteiger partial charge in [0.2, 0.25) is 0 Å². The highest BCUT2D eigenvalue weighted by atomic mass is 16.5. The summed E-state index contributed by atoms with van der Waals surface area (Å²) in [7, 11) is 1.79. The molecule has 2 N–H and O–H groups in total. The molecular formula is C10H20N2O2. The Bertz CT molecular complexity index is 208. The lowest BCUT2D eigenvalue weighted by atomic mass is 10.0. The van der Waals surface area contributed by atoms with E-state index in [0.29, 0.717) is 19.1 Å². The van der Waals surface area contributed by atoms with Crippen LogP contribution < -0.4 is 5.73 Å². The predicted octanol–water partition coefficient (Wildman–Crippen LogP) is 0.217. The molecule has 14 heavy (non-hydrogen) atoms. The Morgan fingerprint density at radius 2 is 2.36 bits per heavy atom. The largest absolute Gasteiger partial charge is 0.368 e. The standard InChI is InChI=1S/C10H20N2O2/c1-7-4-5-14-9(7)10(13)12(3)8(2)6-11/h7-9H,4-6,11H2,1-3H3. The first-order chi connectivity index (χ1) is 6.57. The summed E-state index contributed by atoms with van der Waals surface area (Å²) >= 11 is 0. The fraction of sp³-hybridized carbons (Fsp3) is 0.900. The molecule has 0 aromatic carbocycles. The van der Waals surface area contributed by atoms with E-state index in [1.165, 1.54) is 0 Å². The van der Waals surface area contributed by atoms with Gasteiger partial charge in [-0.05, 0) is 19.3 Å². The second-order valence-corrected chi connectivity index (χ2v) is 4.09. The summed E-state index contributed by atoms with van der Waals surface area (Å²) in [6, 6.07) is 0.0823. The van der Waals surface area contributed by atoms with Gasteiger partial charge in [0.1, 0.15) is 6.10 Å². The quantitative estimate of drug-likeness (QED) is 0.709. The zero-order valence-electron chi connectivity index (χ0n) is 9.19. The maximum absolute atomic E-state index is 11.9. The number of hydrogen-bond acceptors (Lipinski definition) is 3. The lowest BCUT2D eigenvalue weighted by Crippen LogP contribution is -2.46. The fourth-order valence-corrected chi connectivity index (χ4v) is 1.59. The first-order valence-electron chi connectivity index (χ1n) is 5.16. The Morgan fingerprint density at radius 1 is 1.71 bits per heavy atom. The molecule has 0 spiro atoms. The van der Waals surface area contributed by atoms with Gasteiger partial charge in [0, 0.05) is 26.2 Å².